The van der Waals surface area contributed by atoms with Crippen molar-refractivity contribution in [1.29, 1.82) is 0 Å². The van der Waals surface area contributed by atoms with Crippen LogP contribution in [0.25, 0.3) is 122 Å². The number of imidazole rings is 4. The van der Waals surface area contributed by atoms with Gasteiger partial charge in [-0.05, 0) is 60.7 Å². The Morgan fingerprint density at radius 2 is 1.01 bits per heavy atom. The first kappa shape index (κ1) is 41.8. The number of pyridine rings is 5. The second-order valence-electron chi connectivity index (χ2n) is 21.5. The highest BCUT2D eigenvalue weighted by Crippen LogP contribution is 2.40. The first-order valence-electron chi connectivity index (χ1n) is 30.6. The van der Waals surface area contributed by atoms with Gasteiger partial charge in [0.1, 0.15) is 36.1 Å². The van der Waals surface area contributed by atoms with Crippen molar-refractivity contribution in [2.24, 2.45) is 21.0 Å². The van der Waals surface area contributed by atoms with Crippen molar-refractivity contribution >= 4 is 81.8 Å². The third kappa shape index (κ3) is 6.75. The second-order valence-corrected chi connectivity index (χ2v) is 22.5. The van der Waals surface area contributed by atoms with Crippen molar-refractivity contribution < 1.29 is 26.5 Å². The molecule has 1 aromatic carbocycles. The molecule has 17 aromatic rings. The van der Waals surface area contributed by atoms with Crippen LogP contribution in [0, 0.1) is 0 Å². The Morgan fingerprint density at radius 3 is 1.64 bits per heavy atom. The molecule has 0 unspecified atom stereocenters. The molecule has 4 aliphatic rings. The van der Waals surface area contributed by atoms with Crippen LogP contribution in [-0.4, -0.2) is 71.3 Å². The molecule has 406 valence electrons. The molecule has 20 heterocycles. The minimum Gasteiger partial charge on any atom is -0.264 e. The van der Waals surface area contributed by atoms with E-state index < -0.39 is 14.0 Å². The molecule has 0 fully saturated rings. The topological polar surface area (TPSA) is 152 Å². The van der Waals surface area contributed by atoms with Crippen molar-refractivity contribution in [2.45, 2.75) is 26.2 Å². The van der Waals surface area contributed by atoms with E-state index in [4.69, 9.17) is 8.22 Å². The molecule has 0 N–H and O–H groups in total. The van der Waals surface area contributed by atoms with Gasteiger partial charge in [0.05, 0.1) is 75.5 Å². The maximum Gasteiger partial charge on any atom is 0.297 e. The summed E-state index contributed by atoms with van der Waals surface area (Å²) >= 11 is 1.61. The van der Waals surface area contributed by atoms with Crippen molar-refractivity contribution in [2.75, 3.05) is 0 Å². The lowest BCUT2D eigenvalue weighted by Gasteiger charge is -2.02. The van der Waals surface area contributed by atoms with Gasteiger partial charge >= 0.3 is 0 Å². The molecule has 0 aliphatic carbocycles. The Bertz CT molecular complexity index is 5700. The highest BCUT2D eigenvalue weighted by molar-refractivity contribution is 7.25. The number of rotatable bonds is 1. The molecule has 0 bridgehead atoms. The van der Waals surface area contributed by atoms with Gasteiger partial charge < -0.3 is 0 Å². The number of hydrogen-bond donors (Lipinski definition) is 0. The zero-order chi connectivity index (χ0) is 61.2. The fourth-order valence-corrected chi connectivity index (χ4v) is 14.6. The Morgan fingerprint density at radius 1 is 0.494 bits per heavy atom. The fourth-order valence-electron chi connectivity index (χ4n) is 13.4. The molecule has 20 heteroatoms. The van der Waals surface area contributed by atoms with Crippen LogP contribution in [0.5, 0.6) is 0 Å². The summed E-state index contributed by atoms with van der Waals surface area (Å²) in [6.45, 7) is -1.53. The molecular weight excluding hydrogens is 1080 g/mol. The van der Waals surface area contributed by atoms with Gasteiger partial charge in [-0.3, -0.25) is 29.3 Å². The summed E-state index contributed by atoms with van der Waals surface area (Å²) in [7, 11) is 2.11. The summed E-state index contributed by atoms with van der Waals surface area (Å²) in [6, 6.07) is 32.8. The van der Waals surface area contributed by atoms with Gasteiger partial charge in [0.2, 0.25) is 16.5 Å². The van der Waals surface area contributed by atoms with Crippen LogP contribution >= 0.6 is 11.3 Å². The minimum atomic E-state index is -2.28. The van der Waals surface area contributed by atoms with Crippen LogP contribution in [0.2, 0.25) is 0 Å². The van der Waals surface area contributed by atoms with E-state index in [1.807, 2.05) is 114 Å². The van der Waals surface area contributed by atoms with Gasteiger partial charge in [0.15, 0.2) is 34.7 Å². The van der Waals surface area contributed by atoms with Gasteiger partial charge in [-0.15, -0.1) is 0 Å². The Kier molecular flexibility index (Phi) is 8.82. The van der Waals surface area contributed by atoms with Crippen LogP contribution in [0.4, 0.5) is 0 Å². The van der Waals surface area contributed by atoms with Crippen LogP contribution in [-0.2, 0) is 47.2 Å². The average Bonchev–Trinajstić information content (AvgIpc) is 1.60. The van der Waals surface area contributed by atoms with Crippen LogP contribution < -0.4 is 18.3 Å². The van der Waals surface area contributed by atoms with Crippen LogP contribution in [0.15, 0.2) is 197 Å². The molecule has 0 amide bonds. The molecule has 0 atom stereocenters. The zero-order valence-electron chi connectivity index (χ0n) is 51.2. The summed E-state index contributed by atoms with van der Waals surface area (Å²) in [6.07, 6.45) is 29.0. The van der Waals surface area contributed by atoms with Crippen LogP contribution in [0.3, 0.4) is 0 Å². The van der Waals surface area contributed by atoms with E-state index in [0.717, 1.165) is 89.5 Å². The number of fused-ring (bicyclic) bond motifs is 28. The largest absolute Gasteiger partial charge is 0.297 e. The number of thiophene rings is 1. The number of aryl methyl sites for hydroxylation is 3. The van der Waals surface area contributed by atoms with E-state index in [0.29, 0.717) is 24.6 Å². The monoisotopic (exact) mass is 1130 g/mol. The van der Waals surface area contributed by atoms with E-state index in [1.54, 1.807) is 54.8 Å². The second kappa shape index (κ2) is 17.9. The smallest absolute Gasteiger partial charge is 0.264 e. The molecule has 16 aromatic heterocycles. The molecule has 21 rings (SSSR count). The number of aromatic nitrogens is 19. The lowest BCUT2D eigenvalue weighted by atomic mass is 10.1. The summed E-state index contributed by atoms with van der Waals surface area (Å²) in [4.78, 5) is 34.7. The van der Waals surface area contributed by atoms with Crippen LogP contribution in [0.1, 0.15) is 30.5 Å². The highest BCUT2D eigenvalue weighted by atomic mass is 32.1. The van der Waals surface area contributed by atoms with E-state index in [9.17, 15) is 0 Å². The predicted molar refractivity (Wildman–Crippen MR) is 322 cm³/mol. The molecular formula is C65H49N19S+4. The zero-order valence-corrected chi connectivity index (χ0v) is 46.0. The molecule has 0 spiro atoms. The number of para-hydroxylation sites is 1. The third-order valence-electron chi connectivity index (χ3n) is 17.0. The maximum atomic E-state index is 8.05. The quantitative estimate of drug-likeness (QED) is 0.148. The standard InChI is InChI=1S/C20H14N5.2C15H12N5.C15H11N4S/c1-2-4-15(5-3-1)25-19-17-7-9-21-11-14(17)12-23(19)18-10-16-6-8-22-13-24(16)20(18)25;2*1-18-14-12-3-5-16-7-10(12)8-19(14)13-6-11-2-4-17-9-20(11)15(13)18;1-18-13-11-7-17-5-3-12(11)20-15(13)19-8-9-6-16-4-2-10(9)14(18)19/h1-11,13H,12H2;2*2-7,9H,8H2,1H3;2-7H,8H2,1H3/q4*+1/i;1D3;;1D3. The number of benzene rings is 1. The van der Waals surface area contributed by atoms with Gasteiger partial charge in [-0.1, -0.05) is 29.5 Å². The molecule has 0 saturated heterocycles. The van der Waals surface area contributed by atoms with Gasteiger partial charge in [0.25, 0.3) is 28.6 Å². The van der Waals surface area contributed by atoms with Gasteiger partial charge in [0, 0.05) is 126 Å². The molecule has 4 aliphatic heterocycles. The van der Waals surface area contributed by atoms with Crippen molar-refractivity contribution in [3.63, 3.8) is 0 Å². The first-order chi connectivity index (χ1) is 44.4. The molecule has 19 nitrogen and oxygen atoms in total. The summed E-state index contributed by atoms with van der Waals surface area (Å²) in [5, 5.41) is 0.890. The Balaban J connectivity index is 0.0000000902. The Hall–Kier alpha value is -11.1. The fraction of sp³-hybridized carbons (Fsp3) is 0.108. The van der Waals surface area contributed by atoms with Crippen molar-refractivity contribution in [3.05, 3.63) is 219 Å². The predicted octanol–water partition coefficient (Wildman–Crippen LogP) is 8.56. The number of nitrogens with zero attached hydrogens (tertiary/aromatic N) is 19. The summed E-state index contributed by atoms with van der Waals surface area (Å²) < 4.78 is 71.8. The number of hydrogen-bond acceptors (Lipinski definition) is 9. The van der Waals surface area contributed by atoms with E-state index >= 15 is 0 Å². The third-order valence-corrected chi connectivity index (χ3v) is 18.2. The molecule has 85 heavy (non-hydrogen) atoms. The van der Waals surface area contributed by atoms with Gasteiger partial charge in [-0.2, -0.15) is 4.57 Å². The Labute approximate surface area is 494 Å². The van der Waals surface area contributed by atoms with Gasteiger partial charge in [-0.25, -0.2) is 55.7 Å². The lowest BCUT2D eigenvalue weighted by Crippen LogP contribution is -2.31. The van der Waals surface area contributed by atoms with E-state index in [2.05, 4.69) is 127 Å². The van der Waals surface area contributed by atoms with E-state index in [1.165, 1.54) is 65.2 Å². The SMILES string of the molecule is C[n+]1c2n(c3cc4ccncn4c31)Cc1cnccc1-2.[2H]C([2H])([2H])[n+]1c2n(c3cc4ccncn4c31)Cc1cnccc1-2.[2H]C([2H])([2H])n1c2[n+](c3sc4ccncc4c31)Cc1cnccc1-2.c1ccc(-n2c3[n+](c4cc5ccncn5c42)Cc2cnccc2-3)cc1. The maximum absolute atomic E-state index is 8.05. The minimum absolute atomic E-state index is 0.627. The summed E-state index contributed by atoms with van der Waals surface area (Å²) in [5.41, 5.74) is 20.5. The average molecular weight is 1130 g/mol. The first-order valence-corrected chi connectivity index (χ1v) is 28.4. The lowest BCUT2D eigenvalue weighted by molar-refractivity contribution is -0.645. The molecule has 0 radical (unpaired) electrons. The summed E-state index contributed by atoms with van der Waals surface area (Å²) in [5.74, 6) is 3.87. The molecule has 0 saturated carbocycles. The normalized spacial score (nSPS) is 14.3. The van der Waals surface area contributed by atoms with Crippen molar-refractivity contribution in [1.82, 2.24) is 71.3 Å². The van der Waals surface area contributed by atoms with Crippen molar-refractivity contribution in [3.8, 4) is 51.2 Å². The highest BCUT2D eigenvalue weighted by Gasteiger charge is 2.39. The van der Waals surface area contributed by atoms with E-state index in [-0.39, 0.29) is 0 Å².